The quantitative estimate of drug-likeness (QED) is 0.0613. The monoisotopic (exact) mass is 1000 g/mol. The highest BCUT2D eigenvalue weighted by atomic mass is 32.2. The molecule has 1 aromatic rings. The maximum Gasteiger partial charge on any atom is 0.307 e. The lowest BCUT2D eigenvalue weighted by atomic mass is 9.85. The summed E-state index contributed by atoms with van der Waals surface area (Å²) in [7, 11) is 6.64. The van der Waals surface area contributed by atoms with Gasteiger partial charge in [0.25, 0.3) is 0 Å². The van der Waals surface area contributed by atoms with Gasteiger partial charge in [-0.15, -0.1) is 0 Å². The Morgan fingerprint density at radius 2 is 1.47 bits per heavy atom. The van der Waals surface area contributed by atoms with E-state index >= 15 is 0 Å². The van der Waals surface area contributed by atoms with Crippen molar-refractivity contribution in [2.24, 2.45) is 35.5 Å². The van der Waals surface area contributed by atoms with E-state index in [9.17, 15) is 43.5 Å². The van der Waals surface area contributed by atoms with E-state index < -0.39 is 30.0 Å². The van der Waals surface area contributed by atoms with Gasteiger partial charge < -0.3 is 29.3 Å². The summed E-state index contributed by atoms with van der Waals surface area (Å²) in [5.41, 5.74) is 0.866. The fourth-order valence-electron chi connectivity index (χ4n) is 9.89. The number of imide groups is 1. The molecule has 15 nitrogen and oxygen atoms in total. The van der Waals surface area contributed by atoms with Crippen LogP contribution in [0.25, 0.3) is 0 Å². The number of unbranched alkanes of at least 4 members (excludes halogenated alkanes) is 2. The van der Waals surface area contributed by atoms with Crippen molar-refractivity contribution in [1.29, 1.82) is 0 Å². The number of nitrogens with zero attached hydrogens (tertiary/aromatic N) is 4. The van der Waals surface area contributed by atoms with Crippen LogP contribution < -0.4 is 0 Å². The van der Waals surface area contributed by atoms with Crippen molar-refractivity contribution < 1.29 is 52.9 Å². The predicted octanol–water partition coefficient (Wildman–Crippen LogP) is 7.60. The lowest BCUT2D eigenvalue weighted by Gasteiger charge is -2.40. The van der Waals surface area contributed by atoms with Gasteiger partial charge in [0.1, 0.15) is 5.78 Å². The van der Waals surface area contributed by atoms with Crippen molar-refractivity contribution in [1.82, 2.24) is 19.6 Å². The van der Waals surface area contributed by atoms with E-state index in [1.165, 1.54) is 16.7 Å². The third-order valence-electron chi connectivity index (χ3n) is 14.7. The highest BCUT2D eigenvalue weighted by molar-refractivity contribution is 8.00. The minimum Gasteiger partial charge on any atom is -0.481 e. The number of Topliss-reactive ketones (excluding diaryl/α,β-unsaturated/α-hetero) is 2. The molecule has 0 aliphatic carbocycles. The maximum absolute atomic E-state index is 13.9. The molecule has 396 valence electrons. The smallest absolute Gasteiger partial charge is 0.307 e. The Labute approximate surface area is 423 Å². The highest BCUT2D eigenvalue weighted by Crippen LogP contribution is 2.31. The van der Waals surface area contributed by atoms with Crippen LogP contribution in [0, 0.1) is 35.5 Å². The summed E-state index contributed by atoms with van der Waals surface area (Å²) >= 11 is 1.42. The number of carboxylic acid groups (broad SMARTS) is 1. The molecule has 0 radical (unpaired) electrons. The fraction of sp³-hybridized carbons (Fsp3) is 0.741. The molecule has 0 aromatic heterocycles. The van der Waals surface area contributed by atoms with Crippen LogP contribution in [0.5, 0.6) is 0 Å². The average Bonchev–Trinajstić information content (AvgIpc) is 3.93. The van der Waals surface area contributed by atoms with Crippen molar-refractivity contribution in [3.8, 4) is 0 Å². The minimum absolute atomic E-state index is 0.0266. The van der Waals surface area contributed by atoms with Crippen LogP contribution in [0.4, 0.5) is 0 Å². The van der Waals surface area contributed by atoms with Gasteiger partial charge in [0, 0.05) is 78.9 Å². The maximum atomic E-state index is 13.9. The number of amides is 5. The van der Waals surface area contributed by atoms with Crippen LogP contribution in [0.2, 0.25) is 0 Å². The molecule has 1 N–H and O–H groups in total. The number of hydrogen-bond acceptors (Lipinski definition) is 11. The molecule has 2 fully saturated rings. The van der Waals surface area contributed by atoms with Crippen LogP contribution in [0.3, 0.4) is 0 Å². The van der Waals surface area contributed by atoms with E-state index in [1.807, 2.05) is 85.2 Å². The van der Waals surface area contributed by atoms with Gasteiger partial charge in [0.05, 0.1) is 47.9 Å². The van der Waals surface area contributed by atoms with Gasteiger partial charge in [-0.25, -0.2) is 0 Å². The standard InChI is InChI=1S/C35H56N2O7.C19H32N2O4S/c1-10-23(4)32(36(7)34(40)24(5)22(2)3)30(43-8)21-31(39)37-18-14-17-28(37)33(44-9)25(6)29(38)20-27(35(41)42)19-26-15-12-11-13-16-26;1-6-14(22)18(13(2)3)20(4)16(23)10-8-7-9-11-21-17(24)12-15(26-5)19(21)25/h11-13,15-16,22-25,27-28,30,32-33H,10,14,17-21H2,1-9H3,(H,41,42);13,15,18H,6-12H2,1-5H3/t23-,24-,25-,27+,28-,30+,32-,33+;15?,18-/m00/s1. The second-order valence-electron chi connectivity index (χ2n) is 20.2. The van der Waals surface area contributed by atoms with Gasteiger partial charge in [-0.2, -0.15) is 11.8 Å². The van der Waals surface area contributed by atoms with Crippen LogP contribution in [-0.2, 0) is 54.3 Å². The number of methoxy groups -OCH3 is 2. The van der Waals surface area contributed by atoms with E-state index in [2.05, 4.69) is 13.8 Å². The molecule has 2 saturated heterocycles. The molecule has 1 unspecified atom stereocenters. The molecule has 2 heterocycles. The van der Waals surface area contributed by atoms with Gasteiger partial charge in [0.2, 0.25) is 29.5 Å². The Bertz CT molecular complexity index is 1860. The summed E-state index contributed by atoms with van der Waals surface area (Å²) in [6, 6.07) is 8.34. The molecular weight excluding hydrogens is 913 g/mol. The Kier molecular flexibility index (Phi) is 27.1. The van der Waals surface area contributed by atoms with Crippen molar-refractivity contribution in [3.63, 3.8) is 0 Å². The number of carboxylic acids is 1. The summed E-state index contributed by atoms with van der Waals surface area (Å²) in [5.74, 6) is -2.58. The molecule has 70 heavy (non-hydrogen) atoms. The lowest BCUT2D eigenvalue weighted by Crippen LogP contribution is -2.53. The number of ether oxygens (including phenoxy) is 2. The van der Waals surface area contributed by atoms with Crippen molar-refractivity contribution in [3.05, 3.63) is 35.9 Å². The zero-order valence-electron chi connectivity index (χ0n) is 44.9. The largest absolute Gasteiger partial charge is 0.481 e. The number of thioether (sulfide) groups is 1. The van der Waals surface area contributed by atoms with E-state index in [0.717, 1.165) is 24.8 Å². The molecule has 5 amide bonds. The Hall–Kier alpha value is -4.15. The second kappa shape index (κ2) is 30.7. The van der Waals surface area contributed by atoms with E-state index in [4.69, 9.17) is 9.47 Å². The van der Waals surface area contributed by atoms with Gasteiger partial charge in [-0.3, -0.25) is 43.3 Å². The fourth-order valence-corrected chi connectivity index (χ4v) is 10.5. The highest BCUT2D eigenvalue weighted by Gasteiger charge is 2.43. The normalized spacial score (nSPS) is 19.4. The summed E-state index contributed by atoms with van der Waals surface area (Å²) in [6.45, 7) is 18.6. The molecule has 10 atom stereocenters. The van der Waals surface area contributed by atoms with Gasteiger partial charge in [-0.1, -0.05) is 105 Å². The molecule has 1 aromatic carbocycles. The van der Waals surface area contributed by atoms with Gasteiger partial charge in [-0.05, 0) is 61.7 Å². The molecule has 2 aliphatic heterocycles. The Morgan fingerprint density at radius 3 is 1.99 bits per heavy atom. The molecule has 16 heteroatoms. The zero-order valence-corrected chi connectivity index (χ0v) is 45.8. The summed E-state index contributed by atoms with van der Waals surface area (Å²) in [5, 5.41) is 9.62. The number of carbonyl (C=O) groups excluding carboxylic acids is 7. The Morgan fingerprint density at radius 1 is 0.829 bits per heavy atom. The first-order valence-corrected chi connectivity index (χ1v) is 26.9. The number of carbonyl (C=O) groups is 8. The van der Waals surface area contributed by atoms with Crippen LogP contribution in [0.15, 0.2) is 30.3 Å². The third-order valence-corrected chi connectivity index (χ3v) is 15.7. The first-order valence-electron chi connectivity index (χ1n) is 25.6. The van der Waals surface area contributed by atoms with Crippen LogP contribution in [-0.4, -0.2) is 155 Å². The number of likely N-dealkylation sites (N-methyl/N-ethyl adjacent to an activating group) is 2. The van der Waals surface area contributed by atoms with E-state index in [1.54, 1.807) is 42.9 Å². The summed E-state index contributed by atoms with van der Waals surface area (Å²) < 4.78 is 11.8. The van der Waals surface area contributed by atoms with E-state index in [-0.39, 0.29) is 107 Å². The summed E-state index contributed by atoms with van der Waals surface area (Å²) in [4.78, 5) is 108. The predicted molar refractivity (Wildman–Crippen MR) is 275 cm³/mol. The third kappa shape index (κ3) is 17.6. The van der Waals surface area contributed by atoms with Gasteiger partial charge in [0.15, 0.2) is 5.78 Å². The number of rotatable bonds is 29. The topological polar surface area (TPSA) is 188 Å². The molecule has 0 bridgehead atoms. The minimum atomic E-state index is -1.01. The zero-order chi connectivity index (χ0) is 53.0. The molecule has 3 rings (SSSR count). The Balaban J connectivity index is 0.000000549. The summed E-state index contributed by atoms with van der Waals surface area (Å²) in [6.07, 6.45) is 6.60. The molecule has 0 spiro atoms. The number of aliphatic carboxylic acids is 1. The van der Waals surface area contributed by atoms with Crippen LogP contribution >= 0.6 is 11.8 Å². The number of likely N-dealkylation sites (tertiary alicyclic amines) is 2. The molecule has 0 saturated carbocycles. The van der Waals surface area contributed by atoms with E-state index in [0.29, 0.717) is 51.6 Å². The second-order valence-corrected chi connectivity index (χ2v) is 21.2. The lowest BCUT2D eigenvalue weighted by molar-refractivity contribution is -0.148. The first-order chi connectivity index (χ1) is 33.0. The number of ketones is 2. The first kappa shape index (κ1) is 62.0. The molecular formula is C54H88N4O11S. The SMILES string of the molecule is CCC(=O)[C@H](C(C)C)N(C)C(=O)CCCCCN1C(=O)CC(SC)C1=O.CC[C@H](C)[C@@H]([C@@H](CC(=O)N1CCC[C@H]1[C@H](OC)[C@@H](C)C(=O)C[C@@H](Cc1ccccc1)C(=O)O)OC)N(C)C(=O)[C@@H](C)C(C)C. The average molecular weight is 1000 g/mol. The molecule has 2 aliphatic rings. The van der Waals surface area contributed by atoms with Crippen molar-refractivity contribution >= 4 is 58.8 Å². The van der Waals surface area contributed by atoms with Crippen molar-refractivity contribution in [2.45, 2.75) is 175 Å². The van der Waals surface area contributed by atoms with Crippen molar-refractivity contribution in [2.75, 3.05) is 47.7 Å². The number of hydrogen-bond donors (Lipinski definition) is 1. The van der Waals surface area contributed by atoms with Crippen LogP contribution in [0.1, 0.15) is 139 Å². The van der Waals surface area contributed by atoms with Gasteiger partial charge >= 0.3 is 5.97 Å². The number of benzene rings is 1.